The van der Waals surface area contributed by atoms with Crippen molar-refractivity contribution in [3.8, 4) is 0 Å². The van der Waals surface area contributed by atoms with Crippen LogP contribution < -0.4 is 10.6 Å². The molecule has 0 bridgehead atoms. The fourth-order valence-corrected chi connectivity index (χ4v) is 1.67. The van der Waals surface area contributed by atoms with Gasteiger partial charge >= 0.3 is 12.0 Å². The van der Waals surface area contributed by atoms with Crippen molar-refractivity contribution in [1.82, 2.24) is 10.6 Å². The number of carbonyl (C=O) groups excluding carboxylic acids is 1. The number of hydrogen-bond acceptors (Lipinski definition) is 2. The topological polar surface area (TPSA) is 78.4 Å². The highest BCUT2D eigenvalue weighted by atomic mass is 16.4. The zero-order chi connectivity index (χ0) is 14.3. The van der Waals surface area contributed by atoms with E-state index in [0.29, 0.717) is 13.0 Å². The maximum Gasteiger partial charge on any atom is 0.326 e. The smallest absolute Gasteiger partial charge is 0.326 e. The molecule has 0 fully saturated rings. The van der Waals surface area contributed by atoms with Crippen LogP contribution in [-0.4, -0.2) is 29.7 Å². The summed E-state index contributed by atoms with van der Waals surface area (Å²) in [6.07, 6.45) is 0.716. The molecule has 1 atom stereocenters. The lowest BCUT2D eigenvalue weighted by Gasteiger charge is -2.18. The molecule has 1 aromatic carbocycles. The van der Waals surface area contributed by atoms with E-state index >= 15 is 0 Å². The van der Waals surface area contributed by atoms with Crippen LogP contribution in [-0.2, 0) is 11.2 Å². The highest BCUT2D eigenvalue weighted by Gasteiger charge is 2.22. The zero-order valence-electron chi connectivity index (χ0n) is 11.2. The highest BCUT2D eigenvalue weighted by Crippen LogP contribution is 2.01. The number of carboxylic acids is 1. The van der Waals surface area contributed by atoms with Gasteiger partial charge in [-0.05, 0) is 17.9 Å². The molecule has 0 aliphatic heterocycles. The minimum atomic E-state index is -1.02. The normalized spacial score (nSPS) is 11.9. The lowest BCUT2D eigenvalue weighted by Crippen LogP contribution is -2.48. The van der Waals surface area contributed by atoms with Gasteiger partial charge in [0.2, 0.25) is 0 Å². The predicted octanol–water partition coefficient (Wildman–Crippen LogP) is 1.64. The van der Waals surface area contributed by atoms with Crippen molar-refractivity contribution in [2.45, 2.75) is 26.3 Å². The van der Waals surface area contributed by atoms with Gasteiger partial charge in [-0.1, -0.05) is 44.2 Å². The van der Waals surface area contributed by atoms with Crippen molar-refractivity contribution in [2.24, 2.45) is 5.92 Å². The van der Waals surface area contributed by atoms with Gasteiger partial charge in [-0.3, -0.25) is 0 Å². The van der Waals surface area contributed by atoms with E-state index in [-0.39, 0.29) is 5.92 Å². The van der Waals surface area contributed by atoms with E-state index in [4.69, 9.17) is 5.11 Å². The van der Waals surface area contributed by atoms with Gasteiger partial charge in [0, 0.05) is 6.54 Å². The Kier molecular flexibility index (Phi) is 5.85. The molecule has 0 aromatic heterocycles. The molecule has 1 aromatic rings. The Balaban J connectivity index is 2.33. The summed E-state index contributed by atoms with van der Waals surface area (Å²) in [7, 11) is 0. The summed E-state index contributed by atoms with van der Waals surface area (Å²) >= 11 is 0. The van der Waals surface area contributed by atoms with Gasteiger partial charge in [0.15, 0.2) is 0 Å². The third-order valence-electron chi connectivity index (χ3n) is 2.76. The molecule has 3 N–H and O–H groups in total. The number of nitrogens with one attached hydrogen (secondary N) is 2. The summed E-state index contributed by atoms with van der Waals surface area (Å²) in [6, 6.07) is 8.46. The van der Waals surface area contributed by atoms with Crippen LogP contribution in [0.15, 0.2) is 30.3 Å². The van der Waals surface area contributed by atoms with E-state index in [1.807, 2.05) is 30.3 Å². The molecular formula is C14H20N2O3. The molecule has 2 amide bonds. The highest BCUT2D eigenvalue weighted by molar-refractivity contribution is 5.82. The molecule has 0 unspecified atom stereocenters. The van der Waals surface area contributed by atoms with E-state index in [2.05, 4.69) is 10.6 Å². The molecule has 1 rings (SSSR count). The van der Waals surface area contributed by atoms with Gasteiger partial charge in [-0.2, -0.15) is 0 Å². The molecule has 0 radical (unpaired) electrons. The molecule has 5 heteroatoms. The van der Waals surface area contributed by atoms with Crippen molar-refractivity contribution in [2.75, 3.05) is 6.54 Å². The van der Waals surface area contributed by atoms with Crippen LogP contribution in [0.3, 0.4) is 0 Å². The third-order valence-corrected chi connectivity index (χ3v) is 2.76. The monoisotopic (exact) mass is 264 g/mol. The fourth-order valence-electron chi connectivity index (χ4n) is 1.67. The van der Waals surface area contributed by atoms with Crippen molar-refractivity contribution >= 4 is 12.0 Å². The molecule has 5 nitrogen and oxygen atoms in total. The number of urea groups is 1. The van der Waals surface area contributed by atoms with Gasteiger partial charge in [-0.15, -0.1) is 0 Å². The molecule has 19 heavy (non-hydrogen) atoms. The Morgan fingerprint density at radius 2 is 1.84 bits per heavy atom. The first-order valence-electron chi connectivity index (χ1n) is 6.32. The number of hydrogen-bond donors (Lipinski definition) is 3. The van der Waals surface area contributed by atoms with Crippen LogP contribution in [0.2, 0.25) is 0 Å². The standard InChI is InChI=1S/C14H20N2O3/c1-10(2)12(13(17)18)16-14(19)15-9-8-11-6-4-3-5-7-11/h3-7,10,12H,8-9H2,1-2H3,(H,17,18)(H2,15,16,19)/t12-/m1/s1. The van der Waals surface area contributed by atoms with Crippen molar-refractivity contribution < 1.29 is 14.7 Å². The van der Waals surface area contributed by atoms with E-state index in [1.165, 1.54) is 0 Å². The molecule has 0 aliphatic carbocycles. The van der Waals surface area contributed by atoms with Crippen LogP contribution in [0.4, 0.5) is 4.79 Å². The number of aliphatic carboxylic acids is 1. The average Bonchev–Trinajstić information content (AvgIpc) is 2.36. The van der Waals surface area contributed by atoms with E-state index in [9.17, 15) is 9.59 Å². The summed E-state index contributed by atoms with van der Waals surface area (Å²) in [5, 5.41) is 14.1. The Morgan fingerprint density at radius 3 is 2.37 bits per heavy atom. The third kappa shape index (κ3) is 5.42. The summed E-state index contributed by atoms with van der Waals surface area (Å²) in [4.78, 5) is 22.5. The minimum Gasteiger partial charge on any atom is -0.480 e. The maximum absolute atomic E-state index is 11.6. The second-order valence-electron chi connectivity index (χ2n) is 4.70. The Bertz CT molecular complexity index is 418. The van der Waals surface area contributed by atoms with Crippen molar-refractivity contribution in [1.29, 1.82) is 0 Å². The van der Waals surface area contributed by atoms with E-state index in [1.54, 1.807) is 13.8 Å². The summed E-state index contributed by atoms with van der Waals surface area (Å²) in [5.41, 5.74) is 1.13. The molecule has 0 saturated heterocycles. The first-order chi connectivity index (χ1) is 9.00. The van der Waals surface area contributed by atoms with E-state index in [0.717, 1.165) is 5.56 Å². The molecule has 0 saturated carbocycles. The van der Waals surface area contributed by atoms with Crippen LogP contribution >= 0.6 is 0 Å². The fraction of sp³-hybridized carbons (Fsp3) is 0.429. The van der Waals surface area contributed by atoms with Gasteiger partial charge in [0.05, 0.1) is 0 Å². The summed E-state index contributed by atoms with van der Waals surface area (Å²) in [6.45, 7) is 3.98. The average molecular weight is 264 g/mol. The summed E-state index contributed by atoms with van der Waals surface area (Å²) < 4.78 is 0. The number of carbonyl (C=O) groups is 2. The number of carboxylic acid groups (broad SMARTS) is 1. The van der Waals surface area contributed by atoms with Crippen LogP contribution in [0, 0.1) is 5.92 Å². The van der Waals surface area contributed by atoms with Gasteiger partial charge < -0.3 is 15.7 Å². The minimum absolute atomic E-state index is 0.155. The predicted molar refractivity (Wildman–Crippen MR) is 72.9 cm³/mol. The Hall–Kier alpha value is -2.04. The zero-order valence-corrected chi connectivity index (χ0v) is 11.2. The van der Waals surface area contributed by atoms with Crippen LogP contribution in [0.5, 0.6) is 0 Å². The quantitative estimate of drug-likeness (QED) is 0.731. The van der Waals surface area contributed by atoms with E-state index < -0.39 is 18.0 Å². The molecule has 0 spiro atoms. The Labute approximate surface area is 113 Å². The van der Waals surface area contributed by atoms with Gasteiger partial charge in [0.1, 0.15) is 6.04 Å². The van der Waals surface area contributed by atoms with Crippen LogP contribution in [0.1, 0.15) is 19.4 Å². The number of rotatable bonds is 6. The molecule has 104 valence electrons. The first kappa shape index (κ1) is 15.0. The van der Waals surface area contributed by atoms with Crippen LogP contribution in [0.25, 0.3) is 0 Å². The maximum atomic E-state index is 11.6. The van der Waals surface area contributed by atoms with Gasteiger partial charge in [0.25, 0.3) is 0 Å². The molecule has 0 aliphatic rings. The number of amides is 2. The first-order valence-corrected chi connectivity index (χ1v) is 6.32. The van der Waals surface area contributed by atoms with Crippen molar-refractivity contribution in [3.05, 3.63) is 35.9 Å². The lowest BCUT2D eigenvalue weighted by atomic mass is 10.1. The van der Waals surface area contributed by atoms with Crippen molar-refractivity contribution in [3.63, 3.8) is 0 Å². The summed E-state index contributed by atoms with van der Waals surface area (Å²) in [5.74, 6) is -1.18. The SMILES string of the molecule is CC(C)[C@@H](NC(=O)NCCc1ccccc1)C(=O)O. The Morgan fingerprint density at radius 1 is 1.21 bits per heavy atom. The largest absolute Gasteiger partial charge is 0.480 e. The number of benzene rings is 1. The second kappa shape index (κ2) is 7.41. The molecule has 0 heterocycles. The second-order valence-corrected chi connectivity index (χ2v) is 4.70. The lowest BCUT2D eigenvalue weighted by molar-refractivity contribution is -0.140. The van der Waals surface area contributed by atoms with Gasteiger partial charge in [-0.25, -0.2) is 9.59 Å². The molecular weight excluding hydrogens is 244 g/mol.